The number of fused-ring (bicyclic) bond motifs is 13. The highest BCUT2D eigenvalue weighted by Crippen LogP contribution is 2.47. The Bertz CT molecular complexity index is 5010. The quantitative estimate of drug-likeness (QED) is 0.158. The van der Waals surface area contributed by atoms with Gasteiger partial charge in [-0.25, -0.2) is 9.97 Å². The predicted molar refractivity (Wildman–Crippen MR) is 368 cm³/mol. The molecule has 4 aliphatic carbocycles. The van der Waals surface area contributed by atoms with Crippen molar-refractivity contribution < 1.29 is 0 Å². The minimum atomic E-state index is 0.606. The average Bonchev–Trinajstić information content (AvgIpc) is 1.63. The van der Waals surface area contributed by atoms with E-state index in [1.54, 1.807) is 0 Å². The first-order valence-electron chi connectivity index (χ1n) is 30.7. The SMILES string of the molecule is C1=CCC=CC(c2nc(C3=CC4CC4C=C3)nc(-n3c4ccccc4c4ccc5c6ccccc6sc5c43)n2)=C1.CC.CC.CC1=C(c2ccc3c4ccc5ccccc5c4n(-c4nc(-c5ccccc5)nc(-c5ccccc5)n4)c3c2C)C=CCC1. The van der Waals surface area contributed by atoms with Crippen LogP contribution in [0.1, 0.15) is 83.1 Å². The van der Waals surface area contributed by atoms with Crippen LogP contribution in [0.25, 0.3) is 126 Å². The third-order valence-corrected chi connectivity index (χ3v) is 18.2. The summed E-state index contributed by atoms with van der Waals surface area (Å²) in [7, 11) is 0. The zero-order chi connectivity index (χ0) is 59.1. The summed E-state index contributed by atoms with van der Waals surface area (Å²) in [5, 5.41) is 9.72. The van der Waals surface area contributed by atoms with Crippen molar-refractivity contribution in [3.63, 3.8) is 0 Å². The molecule has 2 unspecified atom stereocenters. The van der Waals surface area contributed by atoms with E-state index in [2.05, 4.69) is 217 Å². The predicted octanol–water partition coefficient (Wildman–Crippen LogP) is 20.8. The maximum absolute atomic E-state index is 5.19. The lowest BCUT2D eigenvalue weighted by Gasteiger charge is -2.17. The van der Waals surface area contributed by atoms with Crippen molar-refractivity contribution in [1.29, 1.82) is 0 Å². The van der Waals surface area contributed by atoms with Crippen LogP contribution in [0.15, 0.2) is 236 Å². The van der Waals surface area contributed by atoms with Gasteiger partial charge in [0.05, 0.1) is 26.8 Å². The Morgan fingerprint density at radius 1 is 0.460 bits per heavy atom. The van der Waals surface area contributed by atoms with E-state index < -0.39 is 0 Å². The largest absolute Gasteiger partial charge is 0.277 e. The first-order valence-corrected chi connectivity index (χ1v) is 31.5. The summed E-state index contributed by atoms with van der Waals surface area (Å²) in [6, 6.07) is 59.8. The van der Waals surface area contributed by atoms with Gasteiger partial charge in [0.15, 0.2) is 23.3 Å². The van der Waals surface area contributed by atoms with Gasteiger partial charge in [0.1, 0.15) is 0 Å². The van der Waals surface area contributed by atoms with E-state index in [4.69, 9.17) is 29.9 Å². The van der Waals surface area contributed by atoms with Crippen molar-refractivity contribution in [2.45, 2.75) is 67.2 Å². The Labute approximate surface area is 511 Å². The van der Waals surface area contributed by atoms with Gasteiger partial charge in [-0.3, -0.25) is 9.13 Å². The molecule has 5 heterocycles. The molecule has 2 atom stereocenters. The van der Waals surface area contributed by atoms with E-state index in [0.29, 0.717) is 41.2 Å². The van der Waals surface area contributed by atoms with Crippen LogP contribution < -0.4 is 0 Å². The third kappa shape index (κ3) is 9.92. The van der Waals surface area contributed by atoms with E-state index >= 15 is 0 Å². The molecule has 0 radical (unpaired) electrons. The lowest BCUT2D eigenvalue weighted by atomic mass is 9.90. The first kappa shape index (κ1) is 54.9. The molecule has 8 aromatic carbocycles. The third-order valence-electron chi connectivity index (χ3n) is 17.0. The summed E-state index contributed by atoms with van der Waals surface area (Å²) in [5.41, 5.74) is 13.7. The molecule has 1 fully saturated rings. The number of rotatable bonds is 7. The molecule has 17 rings (SSSR count). The first-order chi connectivity index (χ1) is 43.0. The van der Waals surface area contributed by atoms with E-state index in [1.165, 1.54) is 81.2 Å². The minimum Gasteiger partial charge on any atom is -0.277 e. The van der Waals surface area contributed by atoms with E-state index in [0.717, 1.165) is 69.4 Å². The standard InChI is InChI=1S/C39H30N4.C35H24N4S.2C2H6/c1-25-13-9-11-19-30(25)31-23-24-33-34-22-21-27-14-10-12-20-32(27)36(34)43(35(33)26(31)2)39-41-37(28-15-5-3-6-16-28)40-38(42-39)29-17-7-4-8-18-29;1-2-4-10-21(9-3-1)33-36-34(23-16-15-22-19-24(22)20-23)38-35(37-33)39-29-13-7-5-11-25(29)27-17-18-28-26-12-6-8-14-30(26)40-32(28)31(27)39;2*1-2/h3-8,10-12,14-24H,9,13H2,1-2H3;1,3-18,20,22,24H,2,19H2;2*1-2H3. The van der Waals surface area contributed by atoms with Crippen LogP contribution in [-0.4, -0.2) is 39.0 Å². The lowest BCUT2D eigenvalue weighted by molar-refractivity contribution is 0.905. The number of benzene rings is 8. The summed E-state index contributed by atoms with van der Waals surface area (Å²) < 4.78 is 7.10. The van der Waals surface area contributed by atoms with E-state index in [-0.39, 0.29) is 0 Å². The Morgan fingerprint density at radius 3 is 1.83 bits per heavy atom. The van der Waals surface area contributed by atoms with Gasteiger partial charge in [-0.15, -0.1) is 11.3 Å². The molecule has 0 aliphatic heterocycles. The molecule has 4 aliphatic rings. The average molecular weight is 1150 g/mol. The van der Waals surface area contributed by atoms with Crippen LogP contribution in [0.5, 0.6) is 0 Å². The van der Waals surface area contributed by atoms with Crippen molar-refractivity contribution in [1.82, 2.24) is 39.0 Å². The zero-order valence-corrected chi connectivity index (χ0v) is 50.7. The van der Waals surface area contributed by atoms with Crippen LogP contribution in [-0.2, 0) is 0 Å². The Hall–Kier alpha value is -9.96. The second-order valence-corrected chi connectivity index (χ2v) is 23.2. The van der Waals surface area contributed by atoms with Gasteiger partial charge in [0, 0.05) is 64.7 Å². The summed E-state index contributed by atoms with van der Waals surface area (Å²) in [6.45, 7) is 12.5. The molecule has 1 saturated carbocycles. The van der Waals surface area contributed by atoms with Crippen molar-refractivity contribution in [3.05, 3.63) is 259 Å². The molecule has 8 nitrogen and oxygen atoms in total. The molecule has 87 heavy (non-hydrogen) atoms. The molecule has 424 valence electrons. The number of aryl methyl sites for hydroxylation is 1. The maximum atomic E-state index is 5.19. The second kappa shape index (κ2) is 23.5. The summed E-state index contributed by atoms with van der Waals surface area (Å²) >= 11 is 1.84. The van der Waals surface area contributed by atoms with Gasteiger partial charge in [-0.05, 0) is 85.6 Å². The van der Waals surface area contributed by atoms with Crippen molar-refractivity contribution >= 4 is 103 Å². The van der Waals surface area contributed by atoms with Crippen LogP contribution in [0, 0.1) is 18.8 Å². The molecule has 9 heteroatoms. The number of hydrogen-bond acceptors (Lipinski definition) is 7. The van der Waals surface area contributed by atoms with Crippen LogP contribution in [0.3, 0.4) is 0 Å². The van der Waals surface area contributed by atoms with Crippen LogP contribution in [0.2, 0.25) is 0 Å². The number of para-hydroxylation sites is 1. The molecule has 0 spiro atoms. The van der Waals surface area contributed by atoms with Gasteiger partial charge < -0.3 is 0 Å². The number of nitrogens with zero attached hydrogens (tertiary/aromatic N) is 8. The van der Waals surface area contributed by atoms with Gasteiger partial charge in [-0.1, -0.05) is 252 Å². The molecule has 0 amide bonds. The summed E-state index contributed by atoms with van der Waals surface area (Å²) in [5.74, 6) is 5.31. The second-order valence-electron chi connectivity index (χ2n) is 22.1. The fraction of sp³-hybridized carbons (Fsp3) is 0.154. The van der Waals surface area contributed by atoms with E-state index in [1.807, 2.05) is 75.4 Å². The lowest BCUT2D eigenvalue weighted by Crippen LogP contribution is -2.09. The van der Waals surface area contributed by atoms with Gasteiger partial charge >= 0.3 is 0 Å². The molecular formula is C78H66N8S. The number of aromatic nitrogens is 8. The molecule has 0 saturated heterocycles. The van der Waals surface area contributed by atoms with Crippen molar-refractivity contribution in [3.8, 4) is 34.7 Å². The van der Waals surface area contributed by atoms with Gasteiger partial charge in [-0.2, -0.15) is 19.9 Å². The topological polar surface area (TPSA) is 87.2 Å². The van der Waals surface area contributed by atoms with Crippen LogP contribution >= 0.6 is 11.3 Å². The Kier molecular flexibility index (Phi) is 14.8. The Morgan fingerprint density at radius 2 is 1.07 bits per heavy atom. The molecular weight excluding hydrogens is 1080 g/mol. The number of thiophene rings is 1. The highest BCUT2D eigenvalue weighted by atomic mass is 32.1. The van der Waals surface area contributed by atoms with Gasteiger partial charge in [0.25, 0.3) is 0 Å². The molecule has 0 N–H and O–H groups in total. The molecule has 0 bridgehead atoms. The highest BCUT2D eigenvalue weighted by Gasteiger charge is 2.36. The van der Waals surface area contributed by atoms with Crippen molar-refractivity contribution in [2.24, 2.45) is 11.8 Å². The number of allylic oxidation sites excluding steroid dienone is 14. The summed E-state index contributed by atoms with van der Waals surface area (Å²) in [6.07, 6.45) is 26.4. The molecule has 13 aromatic rings. The Balaban J connectivity index is 0.000000145. The normalized spacial score (nSPS) is 15.9. The number of hydrogen-bond donors (Lipinski definition) is 0. The fourth-order valence-electron chi connectivity index (χ4n) is 12.7. The van der Waals surface area contributed by atoms with Crippen LogP contribution in [0.4, 0.5) is 0 Å². The fourth-order valence-corrected chi connectivity index (χ4v) is 14.0. The summed E-state index contributed by atoms with van der Waals surface area (Å²) in [4.78, 5) is 30.8. The highest BCUT2D eigenvalue weighted by molar-refractivity contribution is 7.26. The van der Waals surface area contributed by atoms with Crippen molar-refractivity contribution in [2.75, 3.05) is 0 Å². The monoisotopic (exact) mass is 1150 g/mol. The maximum Gasteiger partial charge on any atom is 0.238 e. The van der Waals surface area contributed by atoms with E-state index in [9.17, 15) is 0 Å². The minimum absolute atomic E-state index is 0.606. The van der Waals surface area contributed by atoms with Gasteiger partial charge in [0.2, 0.25) is 11.9 Å². The smallest absolute Gasteiger partial charge is 0.238 e. The zero-order valence-electron chi connectivity index (χ0n) is 49.9. The molecule has 5 aromatic heterocycles.